The lowest BCUT2D eigenvalue weighted by atomic mass is 9.74. The summed E-state index contributed by atoms with van der Waals surface area (Å²) in [7, 11) is 1.52. The monoisotopic (exact) mass is 450 g/mol. The Bertz CT molecular complexity index is 945. The second-order valence-electron chi connectivity index (χ2n) is 8.38. The maximum atomic E-state index is 10.0. The highest BCUT2D eigenvalue weighted by Crippen LogP contribution is 2.46. The van der Waals surface area contributed by atoms with E-state index < -0.39 is 0 Å². The van der Waals surface area contributed by atoms with Crippen LogP contribution >= 0.6 is 23.2 Å². The number of nitrogens with two attached hydrogens (primary N) is 1. The molecule has 162 valence electrons. The minimum atomic E-state index is -0.195. The summed E-state index contributed by atoms with van der Waals surface area (Å²) in [4.78, 5) is 11.8. The molecule has 2 aromatic rings. The zero-order chi connectivity index (χ0) is 21.5. The molecule has 1 saturated heterocycles. The third-order valence-electron chi connectivity index (χ3n) is 6.81. The molecule has 1 aliphatic carbocycles. The van der Waals surface area contributed by atoms with E-state index in [2.05, 4.69) is 4.90 Å². The number of halogens is 2. The van der Waals surface area contributed by atoms with Gasteiger partial charge in [-0.1, -0.05) is 29.6 Å². The summed E-state index contributed by atoms with van der Waals surface area (Å²) in [6, 6.07) is 3.83. The van der Waals surface area contributed by atoms with Gasteiger partial charge in [-0.2, -0.15) is 0 Å². The second kappa shape index (κ2) is 8.50. The van der Waals surface area contributed by atoms with Crippen LogP contribution < -0.4 is 15.4 Å². The fraction of sp³-hybridized carbons (Fsp3) is 0.545. The third kappa shape index (κ3) is 3.64. The van der Waals surface area contributed by atoms with Crippen LogP contribution in [0.5, 0.6) is 5.75 Å². The zero-order valence-electron chi connectivity index (χ0n) is 17.4. The lowest BCUT2D eigenvalue weighted by molar-refractivity contribution is 0.196. The molecule has 6 nitrogen and oxygen atoms in total. The van der Waals surface area contributed by atoms with E-state index in [9.17, 15) is 5.11 Å². The number of benzene rings is 1. The molecular formula is C22H28Cl2N4O2. The van der Waals surface area contributed by atoms with Gasteiger partial charge in [0.1, 0.15) is 5.69 Å². The van der Waals surface area contributed by atoms with Crippen LogP contribution in [0, 0.1) is 12.3 Å². The predicted octanol–water partition coefficient (Wildman–Crippen LogP) is 4.36. The van der Waals surface area contributed by atoms with Crippen LogP contribution in [0.4, 0.5) is 5.82 Å². The van der Waals surface area contributed by atoms with E-state index in [1.54, 1.807) is 12.1 Å². The Kier molecular flexibility index (Phi) is 6.13. The van der Waals surface area contributed by atoms with Crippen molar-refractivity contribution in [3.63, 3.8) is 0 Å². The van der Waals surface area contributed by atoms with Crippen LogP contribution in [0.2, 0.25) is 10.0 Å². The molecule has 1 atom stereocenters. The summed E-state index contributed by atoms with van der Waals surface area (Å²) in [5, 5.41) is 10.9. The van der Waals surface area contributed by atoms with Crippen LogP contribution in [-0.2, 0) is 6.61 Å². The first-order valence-corrected chi connectivity index (χ1v) is 11.2. The largest absolute Gasteiger partial charge is 0.494 e. The average Bonchev–Trinajstić information content (AvgIpc) is 3.09. The van der Waals surface area contributed by atoms with Crippen molar-refractivity contribution in [1.29, 1.82) is 0 Å². The molecule has 3 N–H and O–H groups in total. The van der Waals surface area contributed by atoms with Gasteiger partial charge >= 0.3 is 0 Å². The predicted molar refractivity (Wildman–Crippen MR) is 120 cm³/mol. The number of ether oxygens (including phenoxy) is 1. The van der Waals surface area contributed by atoms with E-state index in [1.165, 1.54) is 20.0 Å². The third-order valence-corrected chi connectivity index (χ3v) is 7.49. The number of nitrogens with zero attached hydrogens (tertiary/aromatic N) is 3. The molecule has 1 aromatic heterocycles. The summed E-state index contributed by atoms with van der Waals surface area (Å²) in [6.45, 7) is 3.47. The Balaban J connectivity index is 1.66. The van der Waals surface area contributed by atoms with Gasteiger partial charge < -0.3 is 20.5 Å². The number of aliphatic hydroxyl groups excluding tert-OH is 1. The van der Waals surface area contributed by atoms with Crippen LogP contribution in [0.1, 0.15) is 43.5 Å². The highest BCUT2D eigenvalue weighted by atomic mass is 35.5. The summed E-state index contributed by atoms with van der Waals surface area (Å²) < 4.78 is 5.33. The summed E-state index contributed by atoms with van der Waals surface area (Å²) >= 11 is 12.7. The van der Waals surface area contributed by atoms with Gasteiger partial charge in [0.25, 0.3) is 0 Å². The van der Waals surface area contributed by atoms with Gasteiger partial charge in [-0.25, -0.2) is 9.97 Å². The van der Waals surface area contributed by atoms with Gasteiger partial charge in [-0.15, -0.1) is 0 Å². The van der Waals surface area contributed by atoms with Crippen molar-refractivity contribution in [1.82, 2.24) is 9.97 Å². The molecule has 1 spiro atoms. The van der Waals surface area contributed by atoms with Crippen molar-refractivity contribution in [3.8, 4) is 17.0 Å². The van der Waals surface area contributed by atoms with Gasteiger partial charge in [0.05, 0.1) is 35.1 Å². The van der Waals surface area contributed by atoms with Crippen molar-refractivity contribution in [2.75, 3.05) is 25.1 Å². The normalized spacial score (nSPS) is 20.7. The van der Waals surface area contributed by atoms with Gasteiger partial charge in [-0.05, 0) is 50.2 Å². The van der Waals surface area contributed by atoms with Gasteiger partial charge in [0, 0.05) is 24.7 Å². The lowest BCUT2D eigenvalue weighted by Crippen LogP contribution is -2.47. The van der Waals surface area contributed by atoms with E-state index in [0.717, 1.165) is 43.9 Å². The first kappa shape index (κ1) is 21.6. The van der Waals surface area contributed by atoms with Gasteiger partial charge in [0.15, 0.2) is 11.6 Å². The molecular weight excluding hydrogens is 423 g/mol. The maximum Gasteiger partial charge on any atom is 0.156 e. The minimum absolute atomic E-state index is 0.195. The van der Waals surface area contributed by atoms with Crippen molar-refractivity contribution in [3.05, 3.63) is 33.6 Å². The molecule has 2 fully saturated rings. The van der Waals surface area contributed by atoms with E-state index in [-0.39, 0.29) is 12.0 Å². The van der Waals surface area contributed by atoms with Crippen molar-refractivity contribution in [2.24, 2.45) is 11.1 Å². The lowest BCUT2D eigenvalue weighted by Gasteiger charge is -2.42. The molecule has 0 amide bonds. The first-order chi connectivity index (χ1) is 14.4. The van der Waals surface area contributed by atoms with E-state index in [4.69, 9.17) is 43.6 Å². The standard InChI is InChI=1S/C22H28Cl2N4O2/c1-13-19(14-5-6-15(23)20(30-2)18(14)24)27-16(12-29)21(26-13)28-10-8-22(9-11-28)7-3-4-17(22)25/h5-6,17,29H,3-4,7-12,25H2,1-2H3/t17-/m1/s1. The number of piperidine rings is 1. The molecule has 1 aliphatic heterocycles. The molecule has 8 heteroatoms. The number of hydrogen-bond acceptors (Lipinski definition) is 6. The Labute approximate surface area is 187 Å². The molecule has 2 heterocycles. The minimum Gasteiger partial charge on any atom is -0.494 e. The first-order valence-electron chi connectivity index (χ1n) is 10.4. The number of methoxy groups -OCH3 is 1. The van der Waals surface area contributed by atoms with Gasteiger partial charge in [-0.3, -0.25) is 0 Å². The Morgan fingerprint density at radius 2 is 1.97 bits per heavy atom. The molecule has 0 radical (unpaired) electrons. The molecule has 1 aromatic carbocycles. The highest BCUT2D eigenvalue weighted by Gasteiger charge is 2.43. The molecule has 2 aliphatic rings. The molecule has 0 unspecified atom stereocenters. The van der Waals surface area contributed by atoms with Crippen LogP contribution in [0.15, 0.2) is 12.1 Å². The smallest absolute Gasteiger partial charge is 0.156 e. The average molecular weight is 451 g/mol. The Morgan fingerprint density at radius 3 is 2.57 bits per heavy atom. The number of rotatable bonds is 4. The zero-order valence-corrected chi connectivity index (χ0v) is 18.9. The van der Waals surface area contributed by atoms with Crippen molar-refractivity contribution < 1.29 is 9.84 Å². The van der Waals surface area contributed by atoms with Crippen LogP contribution in [-0.4, -0.2) is 41.3 Å². The number of aliphatic hydroxyl groups is 1. The number of aryl methyl sites for hydroxylation is 1. The topological polar surface area (TPSA) is 84.5 Å². The molecule has 30 heavy (non-hydrogen) atoms. The fourth-order valence-corrected chi connectivity index (χ4v) is 5.62. The number of anilines is 1. The van der Waals surface area contributed by atoms with Gasteiger partial charge in [0.2, 0.25) is 0 Å². The Hall–Kier alpha value is -1.60. The second-order valence-corrected chi connectivity index (χ2v) is 9.16. The summed E-state index contributed by atoms with van der Waals surface area (Å²) in [5.41, 5.74) is 9.28. The van der Waals surface area contributed by atoms with E-state index in [1.807, 2.05) is 6.92 Å². The quantitative estimate of drug-likeness (QED) is 0.719. The number of hydrogen-bond donors (Lipinski definition) is 2. The van der Waals surface area contributed by atoms with Crippen molar-refractivity contribution in [2.45, 2.75) is 51.7 Å². The fourth-order valence-electron chi connectivity index (χ4n) is 5.01. The summed E-state index contributed by atoms with van der Waals surface area (Å²) in [6.07, 6.45) is 5.68. The maximum absolute atomic E-state index is 10.0. The Morgan fingerprint density at radius 1 is 1.23 bits per heavy atom. The summed E-state index contributed by atoms with van der Waals surface area (Å²) in [5.74, 6) is 1.15. The van der Waals surface area contributed by atoms with E-state index >= 15 is 0 Å². The SMILES string of the molecule is COc1c(Cl)ccc(-c2nc(CO)c(N3CCC4(CCC[C@H]4N)CC3)nc2C)c1Cl. The highest BCUT2D eigenvalue weighted by molar-refractivity contribution is 6.39. The van der Waals surface area contributed by atoms with E-state index in [0.29, 0.717) is 38.8 Å². The van der Waals surface area contributed by atoms with Crippen LogP contribution in [0.3, 0.4) is 0 Å². The molecule has 4 rings (SSSR count). The van der Waals surface area contributed by atoms with Crippen LogP contribution in [0.25, 0.3) is 11.3 Å². The number of aromatic nitrogens is 2. The molecule has 1 saturated carbocycles. The van der Waals surface area contributed by atoms with Crippen molar-refractivity contribution >= 4 is 29.0 Å². The molecule has 0 bridgehead atoms.